The highest BCUT2D eigenvalue weighted by molar-refractivity contribution is 7.13. The Morgan fingerprint density at radius 3 is 2.88 bits per heavy atom. The van der Waals surface area contributed by atoms with Crippen molar-refractivity contribution in [3.63, 3.8) is 0 Å². The maximum atomic E-state index is 12.9. The van der Waals surface area contributed by atoms with E-state index in [1.54, 1.807) is 17.5 Å². The van der Waals surface area contributed by atoms with Crippen molar-refractivity contribution in [1.82, 2.24) is 19.9 Å². The predicted octanol–water partition coefficient (Wildman–Crippen LogP) is 3.45. The summed E-state index contributed by atoms with van der Waals surface area (Å²) in [6.45, 7) is 3.26. The molecule has 132 valence electrons. The van der Waals surface area contributed by atoms with Gasteiger partial charge in [0.25, 0.3) is 0 Å². The van der Waals surface area contributed by atoms with E-state index in [1.807, 2.05) is 17.2 Å². The van der Waals surface area contributed by atoms with Gasteiger partial charge in [-0.25, -0.2) is 15.0 Å². The van der Waals surface area contributed by atoms with Gasteiger partial charge in [0, 0.05) is 36.0 Å². The topological polar surface area (TPSA) is 71.0 Å². The van der Waals surface area contributed by atoms with Crippen LogP contribution in [0.5, 0.6) is 0 Å². The molecule has 7 heteroatoms. The van der Waals surface area contributed by atoms with E-state index in [9.17, 15) is 4.79 Å². The lowest BCUT2D eigenvalue weighted by Gasteiger charge is -2.33. The zero-order chi connectivity index (χ0) is 17.2. The molecule has 1 N–H and O–H groups in total. The summed E-state index contributed by atoms with van der Waals surface area (Å²) in [5, 5.41) is 6.06. The van der Waals surface area contributed by atoms with E-state index in [2.05, 4.69) is 20.3 Å². The standard InChI is InChI=1S/C18H23N5OS/c1-12-20-15-7-9-23(17(24)13-5-3-2-4-6-13)11-14(15)16(21-12)22-18-19-8-10-25-18/h8,10,13H,2-7,9,11H2,1H3,(H,19,20,21,22). The van der Waals surface area contributed by atoms with Gasteiger partial charge in [0.15, 0.2) is 5.13 Å². The molecule has 25 heavy (non-hydrogen) atoms. The van der Waals surface area contributed by atoms with Crippen LogP contribution >= 0.6 is 11.3 Å². The van der Waals surface area contributed by atoms with Gasteiger partial charge in [-0.05, 0) is 19.8 Å². The Balaban J connectivity index is 1.57. The highest BCUT2D eigenvalue weighted by Crippen LogP contribution is 2.30. The Bertz CT molecular complexity index is 755. The summed E-state index contributed by atoms with van der Waals surface area (Å²) in [6, 6.07) is 0. The van der Waals surface area contributed by atoms with Gasteiger partial charge in [-0.1, -0.05) is 19.3 Å². The lowest BCUT2D eigenvalue weighted by Crippen LogP contribution is -2.41. The molecule has 1 aliphatic heterocycles. The average Bonchev–Trinajstić information content (AvgIpc) is 3.14. The molecule has 2 aliphatic rings. The van der Waals surface area contributed by atoms with Crippen LogP contribution in [0.2, 0.25) is 0 Å². The number of hydrogen-bond acceptors (Lipinski definition) is 6. The van der Waals surface area contributed by atoms with E-state index in [0.29, 0.717) is 12.5 Å². The second-order valence-electron chi connectivity index (χ2n) is 6.85. The van der Waals surface area contributed by atoms with Crippen LogP contribution < -0.4 is 5.32 Å². The number of aromatic nitrogens is 3. The van der Waals surface area contributed by atoms with Crippen molar-refractivity contribution in [2.45, 2.75) is 52.0 Å². The Morgan fingerprint density at radius 1 is 1.28 bits per heavy atom. The van der Waals surface area contributed by atoms with Crippen LogP contribution in [0.4, 0.5) is 10.9 Å². The van der Waals surface area contributed by atoms with Gasteiger partial charge in [0.1, 0.15) is 11.6 Å². The number of carbonyl (C=O) groups is 1. The number of thiazole rings is 1. The minimum atomic E-state index is 0.206. The summed E-state index contributed by atoms with van der Waals surface area (Å²) in [7, 11) is 0. The van der Waals surface area contributed by atoms with Gasteiger partial charge >= 0.3 is 0 Å². The molecule has 4 rings (SSSR count). The van der Waals surface area contributed by atoms with Crippen molar-refractivity contribution >= 4 is 28.2 Å². The van der Waals surface area contributed by atoms with E-state index >= 15 is 0 Å². The Morgan fingerprint density at radius 2 is 2.12 bits per heavy atom. The van der Waals surface area contributed by atoms with Crippen molar-refractivity contribution in [3.8, 4) is 0 Å². The maximum Gasteiger partial charge on any atom is 0.225 e. The smallest absolute Gasteiger partial charge is 0.225 e. The first kappa shape index (κ1) is 16.4. The zero-order valence-electron chi connectivity index (χ0n) is 14.5. The second-order valence-corrected chi connectivity index (χ2v) is 7.75. The molecular weight excluding hydrogens is 334 g/mol. The lowest BCUT2D eigenvalue weighted by molar-refractivity contribution is -0.137. The quantitative estimate of drug-likeness (QED) is 0.911. The van der Waals surface area contributed by atoms with Gasteiger partial charge in [0.05, 0.1) is 12.2 Å². The number of rotatable bonds is 3. The number of fused-ring (bicyclic) bond motifs is 1. The largest absolute Gasteiger partial charge is 0.338 e. The van der Waals surface area contributed by atoms with Crippen LogP contribution in [0.25, 0.3) is 0 Å². The fourth-order valence-electron chi connectivity index (χ4n) is 3.82. The molecule has 1 fully saturated rings. The molecule has 0 unspecified atom stereocenters. The number of amides is 1. The Hall–Kier alpha value is -2.02. The molecule has 0 saturated heterocycles. The van der Waals surface area contributed by atoms with E-state index < -0.39 is 0 Å². The van der Waals surface area contributed by atoms with Crippen molar-refractivity contribution in [3.05, 3.63) is 28.7 Å². The fraction of sp³-hybridized carbons (Fsp3) is 0.556. The monoisotopic (exact) mass is 357 g/mol. The maximum absolute atomic E-state index is 12.9. The van der Waals surface area contributed by atoms with Crippen LogP contribution in [-0.2, 0) is 17.8 Å². The van der Waals surface area contributed by atoms with Gasteiger partial charge < -0.3 is 10.2 Å². The summed E-state index contributed by atoms with van der Waals surface area (Å²) in [5.74, 6) is 2.06. The molecule has 3 heterocycles. The van der Waals surface area contributed by atoms with E-state index in [-0.39, 0.29) is 5.92 Å². The molecule has 1 saturated carbocycles. The van der Waals surface area contributed by atoms with Crippen molar-refractivity contribution in [1.29, 1.82) is 0 Å². The van der Waals surface area contributed by atoms with Crippen molar-refractivity contribution < 1.29 is 4.79 Å². The molecule has 0 atom stereocenters. The molecule has 2 aromatic heterocycles. The van der Waals surface area contributed by atoms with Crippen LogP contribution in [0.1, 0.15) is 49.2 Å². The second kappa shape index (κ2) is 7.07. The van der Waals surface area contributed by atoms with Crippen molar-refractivity contribution in [2.24, 2.45) is 5.92 Å². The van der Waals surface area contributed by atoms with Gasteiger partial charge in [-0.15, -0.1) is 11.3 Å². The van der Waals surface area contributed by atoms with Gasteiger partial charge in [0.2, 0.25) is 5.91 Å². The van der Waals surface area contributed by atoms with Gasteiger partial charge in [-0.3, -0.25) is 4.79 Å². The average molecular weight is 357 g/mol. The Kier molecular flexibility index (Phi) is 4.65. The van der Waals surface area contributed by atoms with Gasteiger partial charge in [-0.2, -0.15) is 0 Å². The first-order valence-corrected chi connectivity index (χ1v) is 9.90. The molecule has 6 nitrogen and oxygen atoms in total. The summed E-state index contributed by atoms with van der Waals surface area (Å²) in [4.78, 5) is 28.4. The first-order chi connectivity index (χ1) is 12.2. The number of hydrogen-bond donors (Lipinski definition) is 1. The third-order valence-corrected chi connectivity index (χ3v) is 5.78. The highest BCUT2D eigenvalue weighted by atomic mass is 32.1. The third kappa shape index (κ3) is 3.51. The minimum absolute atomic E-state index is 0.206. The normalized spacial score (nSPS) is 18.0. The van der Waals surface area contributed by atoms with Crippen LogP contribution in [0, 0.1) is 12.8 Å². The molecule has 1 aliphatic carbocycles. The number of anilines is 2. The number of carbonyl (C=O) groups excluding carboxylic acids is 1. The minimum Gasteiger partial charge on any atom is -0.338 e. The highest BCUT2D eigenvalue weighted by Gasteiger charge is 2.30. The van der Waals surface area contributed by atoms with E-state index in [0.717, 1.165) is 53.8 Å². The predicted molar refractivity (Wildman–Crippen MR) is 97.9 cm³/mol. The molecule has 2 aromatic rings. The fourth-order valence-corrected chi connectivity index (χ4v) is 4.35. The molecule has 0 spiro atoms. The Labute approximate surface area is 151 Å². The SMILES string of the molecule is Cc1nc2c(c(Nc3nccs3)n1)CN(C(=O)C1CCCCC1)CC2. The van der Waals surface area contributed by atoms with E-state index in [1.165, 1.54) is 19.3 Å². The summed E-state index contributed by atoms with van der Waals surface area (Å²) in [6.07, 6.45) is 8.27. The van der Waals surface area contributed by atoms with Crippen LogP contribution in [-0.4, -0.2) is 32.3 Å². The van der Waals surface area contributed by atoms with Crippen molar-refractivity contribution in [2.75, 3.05) is 11.9 Å². The molecule has 0 aromatic carbocycles. The molecule has 0 radical (unpaired) electrons. The van der Waals surface area contributed by atoms with Crippen LogP contribution in [0.3, 0.4) is 0 Å². The first-order valence-electron chi connectivity index (χ1n) is 9.02. The molecular formula is C18H23N5OS. The number of nitrogens with zero attached hydrogens (tertiary/aromatic N) is 4. The molecule has 0 bridgehead atoms. The summed E-state index contributed by atoms with van der Waals surface area (Å²) >= 11 is 1.54. The third-order valence-electron chi connectivity index (χ3n) is 5.10. The number of nitrogens with one attached hydrogen (secondary N) is 1. The van der Waals surface area contributed by atoms with Crippen LogP contribution in [0.15, 0.2) is 11.6 Å². The summed E-state index contributed by atoms with van der Waals surface area (Å²) < 4.78 is 0. The van der Waals surface area contributed by atoms with E-state index in [4.69, 9.17) is 0 Å². The summed E-state index contributed by atoms with van der Waals surface area (Å²) in [5.41, 5.74) is 2.09. The lowest BCUT2D eigenvalue weighted by atomic mass is 9.87. The number of aryl methyl sites for hydroxylation is 1. The zero-order valence-corrected chi connectivity index (χ0v) is 15.3. The molecule has 1 amide bonds.